The van der Waals surface area contributed by atoms with Gasteiger partial charge in [-0.3, -0.25) is 14.4 Å². The highest BCUT2D eigenvalue weighted by Crippen LogP contribution is 2.23. The predicted molar refractivity (Wildman–Crippen MR) is 159 cm³/mol. The molecule has 230 valence electrons. The van der Waals surface area contributed by atoms with Crippen LogP contribution in [0.2, 0.25) is 0 Å². The number of amides is 3. The van der Waals surface area contributed by atoms with E-state index in [1.165, 1.54) is 0 Å². The Morgan fingerprint density at radius 3 is 2.50 bits per heavy atom. The number of primary amides is 1. The number of likely N-dealkylation sites (tertiary alicyclic amines) is 1. The van der Waals surface area contributed by atoms with Crippen molar-refractivity contribution in [3.05, 3.63) is 65.2 Å². The van der Waals surface area contributed by atoms with E-state index < -0.39 is 11.7 Å². The lowest BCUT2D eigenvalue weighted by atomic mass is 9.95. The third-order valence-corrected chi connectivity index (χ3v) is 6.55. The van der Waals surface area contributed by atoms with Crippen molar-refractivity contribution in [2.24, 2.45) is 11.7 Å². The van der Waals surface area contributed by atoms with Crippen LogP contribution in [0.4, 0.5) is 4.79 Å². The number of aryl methyl sites for hydroxylation is 1. The predicted octanol–water partition coefficient (Wildman–Crippen LogP) is 4.65. The molecule has 3 amide bonds. The summed E-state index contributed by atoms with van der Waals surface area (Å²) in [6.45, 7) is 10.2. The van der Waals surface area contributed by atoms with Gasteiger partial charge in [0.15, 0.2) is 0 Å². The molecule has 3 N–H and O–H groups in total. The van der Waals surface area contributed by atoms with Gasteiger partial charge in [-0.25, -0.2) is 4.79 Å². The number of benzene rings is 2. The molecule has 0 aromatic heterocycles. The van der Waals surface area contributed by atoms with Gasteiger partial charge in [0.2, 0.25) is 12.3 Å². The third kappa shape index (κ3) is 14.0. The van der Waals surface area contributed by atoms with Crippen LogP contribution in [0.15, 0.2) is 48.5 Å². The van der Waals surface area contributed by atoms with Crippen LogP contribution in [0.3, 0.4) is 0 Å². The van der Waals surface area contributed by atoms with Gasteiger partial charge in [0, 0.05) is 26.1 Å². The van der Waals surface area contributed by atoms with Crippen LogP contribution in [0.1, 0.15) is 69.6 Å². The Bertz CT molecular complexity index is 1150. The van der Waals surface area contributed by atoms with Crippen LogP contribution in [0.5, 0.6) is 5.75 Å². The van der Waals surface area contributed by atoms with Crippen molar-refractivity contribution >= 4 is 24.4 Å². The van der Waals surface area contributed by atoms with E-state index in [-0.39, 0.29) is 31.3 Å². The quantitative estimate of drug-likeness (QED) is 0.274. The fourth-order valence-corrected chi connectivity index (χ4v) is 4.44. The second-order valence-electron chi connectivity index (χ2n) is 11.3. The number of hydrogen-bond donors (Lipinski definition) is 2. The number of esters is 1. The summed E-state index contributed by atoms with van der Waals surface area (Å²) in [6, 6.07) is 15.3. The second-order valence-corrected chi connectivity index (χ2v) is 11.3. The highest BCUT2D eigenvalue weighted by Gasteiger charge is 2.25. The molecule has 10 heteroatoms. The second kappa shape index (κ2) is 17.7. The molecule has 1 saturated heterocycles. The van der Waals surface area contributed by atoms with Crippen LogP contribution >= 0.6 is 0 Å². The minimum absolute atomic E-state index is 0.0160. The van der Waals surface area contributed by atoms with Gasteiger partial charge in [-0.1, -0.05) is 36.4 Å². The van der Waals surface area contributed by atoms with Crippen LogP contribution < -0.4 is 15.8 Å². The topological polar surface area (TPSA) is 137 Å². The van der Waals surface area contributed by atoms with Crippen molar-refractivity contribution in [3.8, 4) is 5.75 Å². The number of nitrogens with two attached hydrogens (primary N) is 1. The maximum atomic E-state index is 12.5. The molecule has 1 heterocycles. The highest BCUT2D eigenvalue weighted by molar-refractivity contribution is 5.81. The lowest BCUT2D eigenvalue weighted by Crippen LogP contribution is -2.40. The fraction of sp³-hybridized carbons (Fsp3) is 0.500. The molecule has 1 atom stereocenters. The fourth-order valence-electron chi connectivity index (χ4n) is 4.44. The molecule has 0 bridgehead atoms. The molecule has 0 radical (unpaired) electrons. The summed E-state index contributed by atoms with van der Waals surface area (Å²) >= 11 is 0. The number of carbonyl (C=O) groups is 4. The summed E-state index contributed by atoms with van der Waals surface area (Å²) in [5, 5.41) is 2.68. The first-order valence-corrected chi connectivity index (χ1v) is 14.3. The standard InChI is InChI=1S/C24H36N2O5.C8H9NO2/c1-18-7-8-21(14-20(18)15-25-17-27)30-13-11-19-6-5-12-26(16-19)22(28)9-10-23(29)31-24(2,3)4;9-8(10)11-6-7-4-2-1-3-5-7/h7-8,14,17,19H,5-6,9-13,15-16H2,1-4H3,(H,25,27);1-5H,6H2,(H2,9,10). The molecule has 10 nitrogen and oxygen atoms in total. The van der Waals surface area contributed by atoms with Gasteiger partial charge in [0.05, 0.1) is 13.0 Å². The molecular formula is C32H45N3O7. The Kier molecular flexibility index (Phi) is 14.4. The van der Waals surface area contributed by atoms with Gasteiger partial charge < -0.3 is 30.2 Å². The molecule has 1 aliphatic heterocycles. The lowest BCUT2D eigenvalue weighted by Gasteiger charge is -2.33. The normalized spacial score (nSPS) is 14.6. The first-order chi connectivity index (χ1) is 20.0. The smallest absolute Gasteiger partial charge is 0.404 e. The molecule has 0 saturated carbocycles. The van der Waals surface area contributed by atoms with E-state index in [2.05, 4.69) is 10.1 Å². The van der Waals surface area contributed by atoms with Gasteiger partial charge in [-0.15, -0.1) is 0 Å². The Balaban J connectivity index is 0.000000468. The Morgan fingerprint density at radius 2 is 1.83 bits per heavy atom. The molecule has 1 unspecified atom stereocenters. The zero-order chi connectivity index (χ0) is 31.0. The average Bonchev–Trinajstić information content (AvgIpc) is 2.95. The van der Waals surface area contributed by atoms with Gasteiger partial charge >= 0.3 is 12.1 Å². The molecule has 2 aromatic carbocycles. The van der Waals surface area contributed by atoms with Crippen molar-refractivity contribution in [2.75, 3.05) is 19.7 Å². The minimum atomic E-state index is -0.742. The van der Waals surface area contributed by atoms with Crippen LogP contribution in [0.25, 0.3) is 0 Å². The van der Waals surface area contributed by atoms with E-state index in [1.54, 1.807) is 0 Å². The molecule has 1 aliphatic rings. The van der Waals surface area contributed by atoms with Crippen LogP contribution in [0, 0.1) is 12.8 Å². The average molecular weight is 584 g/mol. The van der Waals surface area contributed by atoms with Crippen molar-refractivity contribution in [1.29, 1.82) is 0 Å². The summed E-state index contributed by atoms with van der Waals surface area (Å²) < 4.78 is 15.8. The number of rotatable bonds is 12. The lowest BCUT2D eigenvalue weighted by molar-refractivity contribution is -0.156. The largest absolute Gasteiger partial charge is 0.494 e. The van der Waals surface area contributed by atoms with E-state index in [4.69, 9.17) is 15.2 Å². The van der Waals surface area contributed by atoms with Gasteiger partial charge in [0.1, 0.15) is 18.0 Å². The molecule has 2 aromatic rings. The number of nitrogens with zero attached hydrogens (tertiary/aromatic N) is 1. The van der Waals surface area contributed by atoms with Crippen molar-refractivity contribution < 1.29 is 33.4 Å². The number of hydrogen-bond acceptors (Lipinski definition) is 7. The first-order valence-electron chi connectivity index (χ1n) is 14.3. The summed E-state index contributed by atoms with van der Waals surface area (Å²) in [5.41, 5.74) is 7.32. The number of ether oxygens (including phenoxy) is 3. The van der Waals surface area contributed by atoms with Crippen molar-refractivity contribution in [2.45, 2.75) is 78.6 Å². The highest BCUT2D eigenvalue weighted by atomic mass is 16.6. The Hall–Kier alpha value is -4.08. The number of nitrogens with one attached hydrogen (secondary N) is 1. The first kappa shape index (κ1) is 34.1. The zero-order valence-corrected chi connectivity index (χ0v) is 25.2. The Labute approximate surface area is 248 Å². The van der Waals surface area contributed by atoms with E-state index >= 15 is 0 Å². The summed E-state index contributed by atoms with van der Waals surface area (Å²) in [5.74, 6) is 0.862. The van der Waals surface area contributed by atoms with Crippen molar-refractivity contribution in [1.82, 2.24) is 10.2 Å². The van der Waals surface area contributed by atoms with Crippen LogP contribution in [-0.4, -0.2) is 54.6 Å². The molecule has 3 rings (SSSR count). The third-order valence-electron chi connectivity index (χ3n) is 6.55. The summed E-state index contributed by atoms with van der Waals surface area (Å²) in [6.07, 6.45) is 3.17. The molecule has 0 aliphatic carbocycles. The zero-order valence-electron chi connectivity index (χ0n) is 25.2. The molecule has 1 fully saturated rings. The molecular weight excluding hydrogens is 538 g/mol. The van der Waals surface area contributed by atoms with E-state index in [0.717, 1.165) is 48.2 Å². The maximum absolute atomic E-state index is 12.5. The maximum Gasteiger partial charge on any atom is 0.404 e. The van der Waals surface area contributed by atoms with Gasteiger partial charge in [0.25, 0.3) is 0 Å². The number of carbonyl (C=O) groups excluding carboxylic acids is 4. The van der Waals surface area contributed by atoms with Crippen LogP contribution in [-0.2, 0) is 37.0 Å². The van der Waals surface area contributed by atoms with Crippen molar-refractivity contribution in [3.63, 3.8) is 0 Å². The van der Waals surface area contributed by atoms with Gasteiger partial charge in [-0.2, -0.15) is 0 Å². The van der Waals surface area contributed by atoms with E-state index in [1.807, 2.05) is 81.1 Å². The SMILES string of the molecule is Cc1ccc(OCCC2CCCN(C(=O)CCC(=O)OC(C)(C)C)C2)cc1CNC=O.NC(=O)OCc1ccccc1. The van der Waals surface area contributed by atoms with E-state index in [9.17, 15) is 19.2 Å². The van der Waals surface area contributed by atoms with Gasteiger partial charge in [-0.05, 0) is 81.7 Å². The Morgan fingerprint density at radius 1 is 1.10 bits per heavy atom. The summed E-state index contributed by atoms with van der Waals surface area (Å²) in [4.78, 5) is 47.0. The molecule has 0 spiro atoms. The van der Waals surface area contributed by atoms with E-state index in [0.29, 0.717) is 32.0 Å². The summed E-state index contributed by atoms with van der Waals surface area (Å²) in [7, 11) is 0. The monoisotopic (exact) mass is 583 g/mol. The number of piperidine rings is 1. The molecule has 42 heavy (non-hydrogen) atoms. The minimum Gasteiger partial charge on any atom is -0.494 e.